The largest absolute Gasteiger partial charge is 0.473 e. The highest BCUT2D eigenvalue weighted by atomic mass is 35.5. The van der Waals surface area contributed by atoms with E-state index in [0.29, 0.717) is 24.1 Å². The SMILES string of the molecule is C/C=C/COc1cc(CNC(C)(C)C)c(Cl)cn1. The van der Waals surface area contributed by atoms with E-state index in [9.17, 15) is 0 Å². The molecule has 0 spiro atoms. The van der Waals surface area contributed by atoms with Crippen molar-refractivity contribution in [2.75, 3.05) is 6.61 Å². The van der Waals surface area contributed by atoms with Crippen molar-refractivity contribution in [2.24, 2.45) is 0 Å². The Morgan fingerprint density at radius 2 is 2.17 bits per heavy atom. The van der Waals surface area contributed by atoms with Crippen molar-refractivity contribution < 1.29 is 4.74 Å². The van der Waals surface area contributed by atoms with Crippen molar-refractivity contribution in [1.29, 1.82) is 0 Å². The van der Waals surface area contributed by atoms with E-state index >= 15 is 0 Å². The Hall–Kier alpha value is -1.06. The standard InChI is InChI=1S/C14H21ClN2O/c1-5-6-7-18-13-8-11(12(15)10-16-13)9-17-14(2,3)4/h5-6,8,10,17H,7,9H2,1-4H3/b6-5+. The molecule has 0 saturated carbocycles. The lowest BCUT2D eigenvalue weighted by Crippen LogP contribution is -2.35. The monoisotopic (exact) mass is 268 g/mol. The predicted octanol–water partition coefficient (Wildman–Crippen LogP) is 3.58. The van der Waals surface area contributed by atoms with Gasteiger partial charge in [-0.1, -0.05) is 23.8 Å². The first-order valence-corrected chi connectivity index (χ1v) is 6.43. The van der Waals surface area contributed by atoms with Gasteiger partial charge in [-0.3, -0.25) is 0 Å². The molecule has 0 bridgehead atoms. The molecule has 0 unspecified atom stereocenters. The number of rotatable bonds is 5. The fourth-order valence-electron chi connectivity index (χ4n) is 1.26. The smallest absolute Gasteiger partial charge is 0.213 e. The minimum absolute atomic E-state index is 0.0541. The Labute approximate surface area is 114 Å². The van der Waals surface area contributed by atoms with Gasteiger partial charge in [-0.05, 0) is 33.3 Å². The summed E-state index contributed by atoms with van der Waals surface area (Å²) in [7, 11) is 0. The Bertz CT molecular complexity index is 411. The highest BCUT2D eigenvalue weighted by molar-refractivity contribution is 6.31. The van der Waals surface area contributed by atoms with Crippen LogP contribution in [0.3, 0.4) is 0 Å². The lowest BCUT2D eigenvalue weighted by Gasteiger charge is -2.21. The van der Waals surface area contributed by atoms with Crippen LogP contribution in [0.2, 0.25) is 5.02 Å². The lowest BCUT2D eigenvalue weighted by atomic mass is 10.1. The number of halogens is 1. The van der Waals surface area contributed by atoms with Gasteiger partial charge in [0.05, 0.1) is 5.02 Å². The molecule has 4 heteroatoms. The molecule has 1 heterocycles. The first-order valence-electron chi connectivity index (χ1n) is 6.06. The van der Waals surface area contributed by atoms with Gasteiger partial charge in [0.15, 0.2) is 0 Å². The number of pyridine rings is 1. The number of nitrogens with one attached hydrogen (secondary N) is 1. The summed E-state index contributed by atoms with van der Waals surface area (Å²) in [6, 6.07) is 1.88. The maximum atomic E-state index is 6.11. The first-order chi connectivity index (χ1) is 8.42. The molecular weight excluding hydrogens is 248 g/mol. The minimum atomic E-state index is 0.0541. The van der Waals surface area contributed by atoms with Gasteiger partial charge in [-0.2, -0.15) is 0 Å². The van der Waals surface area contributed by atoms with Crippen LogP contribution in [0.1, 0.15) is 33.3 Å². The summed E-state index contributed by atoms with van der Waals surface area (Å²) in [4.78, 5) is 4.14. The quantitative estimate of drug-likeness (QED) is 0.829. The molecule has 1 N–H and O–H groups in total. The van der Waals surface area contributed by atoms with Crippen LogP contribution in [0.4, 0.5) is 0 Å². The summed E-state index contributed by atoms with van der Waals surface area (Å²) in [6.45, 7) is 9.53. The maximum Gasteiger partial charge on any atom is 0.213 e. The van der Waals surface area contributed by atoms with Crippen molar-refractivity contribution in [3.63, 3.8) is 0 Å². The van der Waals surface area contributed by atoms with E-state index in [4.69, 9.17) is 16.3 Å². The summed E-state index contributed by atoms with van der Waals surface area (Å²) < 4.78 is 5.49. The Balaban J connectivity index is 2.68. The number of nitrogens with zero attached hydrogens (tertiary/aromatic N) is 1. The van der Waals surface area contributed by atoms with Crippen LogP contribution in [0.25, 0.3) is 0 Å². The van der Waals surface area contributed by atoms with Crippen molar-refractivity contribution in [3.05, 3.63) is 35.0 Å². The summed E-state index contributed by atoms with van der Waals surface area (Å²) in [5.41, 5.74) is 1.05. The number of hydrogen-bond acceptors (Lipinski definition) is 3. The van der Waals surface area contributed by atoms with E-state index in [1.165, 1.54) is 0 Å². The summed E-state index contributed by atoms with van der Waals surface area (Å²) in [5, 5.41) is 4.05. The Morgan fingerprint density at radius 3 is 2.78 bits per heavy atom. The molecule has 1 rings (SSSR count). The van der Waals surface area contributed by atoms with Gasteiger partial charge in [-0.25, -0.2) is 4.98 Å². The van der Waals surface area contributed by atoms with Crippen LogP contribution in [0.5, 0.6) is 5.88 Å². The third-order valence-electron chi connectivity index (χ3n) is 2.28. The molecule has 0 atom stereocenters. The second-order valence-electron chi connectivity index (χ2n) is 5.10. The molecule has 0 aromatic carbocycles. The summed E-state index contributed by atoms with van der Waals surface area (Å²) in [6.07, 6.45) is 5.51. The summed E-state index contributed by atoms with van der Waals surface area (Å²) in [5.74, 6) is 0.600. The molecule has 0 aliphatic rings. The van der Waals surface area contributed by atoms with Crippen LogP contribution in [0, 0.1) is 0 Å². The highest BCUT2D eigenvalue weighted by Gasteiger charge is 2.11. The zero-order valence-electron chi connectivity index (χ0n) is 11.5. The topological polar surface area (TPSA) is 34.1 Å². The van der Waals surface area contributed by atoms with Crippen LogP contribution < -0.4 is 10.1 Å². The molecule has 100 valence electrons. The molecule has 0 aliphatic carbocycles. The van der Waals surface area contributed by atoms with Crippen LogP contribution in [0.15, 0.2) is 24.4 Å². The van der Waals surface area contributed by atoms with Crippen molar-refractivity contribution in [3.8, 4) is 5.88 Å². The Kier molecular flexibility index (Phi) is 5.63. The van der Waals surface area contributed by atoms with Crippen molar-refractivity contribution in [1.82, 2.24) is 10.3 Å². The molecule has 0 radical (unpaired) electrons. The van der Waals surface area contributed by atoms with Gasteiger partial charge in [0.2, 0.25) is 5.88 Å². The van der Waals surface area contributed by atoms with Gasteiger partial charge in [0.25, 0.3) is 0 Å². The van der Waals surface area contributed by atoms with Crippen molar-refractivity contribution >= 4 is 11.6 Å². The van der Waals surface area contributed by atoms with Gasteiger partial charge in [0, 0.05) is 24.3 Å². The zero-order chi connectivity index (χ0) is 13.6. The average molecular weight is 269 g/mol. The van der Waals surface area contributed by atoms with E-state index in [1.807, 2.05) is 25.1 Å². The molecule has 0 saturated heterocycles. The molecule has 1 aromatic rings. The van der Waals surface area contributed by atoms with E-state index in [0.717, 1.165) is 5.56 Å². The normalized spacial score (nSPS) is 12.1. The minimum Gasteiger partial charge on any atom is -0.473 e. The predicted molar refractivity (Wildman–Crippen MR) is 76.1 cm³/mol. The van der Waals surface area contributed by atoms with E-state index in [1.54, 1.807) is 6.20 Å². The third-order valence-corrected chi connectivity index (χ3v) is 2.62. The van der Waals surface area contributed by atoms with E-state index < -0.39 is 0 Å². The molecular formula is C14H21ClN2O. The van der Waals surface area contributed by atoms with Crippen LogP contribution in [-0.2, 0) is 6.54 Å². The van der Waals surface area contributed by atoms with Crippen molar-refractivity contribution in [2.45, 2.75) is 39.8 Å². The van der Waals surface area contributed by atoms with E-state index in [2.05, 4.69) is 31.1 Å². The van der Waals surface area contributed by atoms with Gasteiger partial charge in [0.1, 0.15) is 6.61 Å². The number of ether oxygens (including phenoxy) is 1. The fraction of sp³-hybridized carbons (Fsp3) is 0.500. The van der Waals surface area contributed by atoms with E-state index in [-0.39, 0.29) is 5.54 Å². The second kappa shape index (κ2) is 6.76. The average Bonchev–Trinajstić information content (AvgIpc) is 2.29. The molecule has 3 nitrogen and oxygen atoms in total. The van der Waals surface area contributed by atoms with Gasteiger partial charge in [-0.15, -0.1) is 0 Å². The molecule has 18 heavy (non-hydrogen) atoms. The number of allylic oxidation sites excluding steroid dienone is 1. The van der Waals surface area contributed by atoms with Crippen LogP contribution in [-0.4, -0.2) is 17.1 Å². The fourth-order valence-corrected chi connectivity index (χ4v) is 1.43. The maximum absolute atomic E-state index is 6.11. The van der Waals surface area contributed by atoms with Crippen LogP contribution >= 0.6 is 11.6 Å². The zero-order valence-corrected chi connectivity index (χ0v) is 12.2. The summed E-state index contributed by atoms with van der Waals surface area (Å²) >= 11 is 6.11. The molecule has 0 fully saturated rings. The molecule has 0 aliphatic heterocycles. The van der Waals surface area contributed by atoms with Gasteiger partial charge >= 0.3 is 0 Å². The second-order valence-corrected chi connectivity index (χ2v) is 5.50. The van der Waals surface area contributed by atoms with Gasteiger partial charge < -0.3 is 10.1 Å². The highest BCUT2D eigenvalue weighted by Crippen LogP contribution is 2.20. The third kappa shape index (κ3) is 5.52. The molecule has 0 amide bonds. The Morgan fingerprint density at radius 1 is 1.44 bits per heavy atom. The first kappa shape index (κ1) is 15.0. The molecule has 1 aromatic heterocycles. The lowest BCUT2D eigenvalue weighted by molar-refractivity contribution is 0.347. The number of aromatic nitrogens is 1. The number of hydrogen-bond donors (Lipinski definition) is 1.